The number of carbonyl (C=O) groups excluding carboxylic acids is 1. The molecule has 0 bridgehead atoms. The van der Waals surface area contributed by atoms with Gasteiger partial charge in [0.2, 0.25) is 0 Å². The summed E-state index contributed by atoms with van der Waals surface area (Å²) in [5, 5.41) is 29.0. The summed E-state index contributed by atoms with van der Waals surface area (Å²) in [6, 6.07) is 6.76. The molecular formula is C11H13NO5. The van der Waals surface area contributed by atoms with Crippen LogP contribution in [0.25, 0.3) is 0 Å². The maximum Gasteiger partial charge on any atom is 0.335 e. The molecule has 1 amide bonds. The number of aliphatic hydroxyl groups is 2. The highest BCUT2D eigenvalue weighted by Gasteiger charge is 2.29. The van der Waals surface area contributed by atoms with Gasteiger partial charge in [0.05, 0.1) is 0 Å². The third kappa shape index (κ3) is 3.54. The van der Waals surface area contributed by atoms with Gasteiger partial charge in [0.1, 0.15) is 0 Å². The highest BCUT2D eigenvalue weighted by molar-refractivity contribution is 5.97. The Morgan fingerprint density at radius 3 is 2.41 bits per heavy atom. The van der Waals surface area contributed by atoms with Crippen molar-refractivity contribution in [2.45, 2.75) is 19.1 Å². The Balaban J connectivity index is 2.69. The molecule has 0 heterocycles. The fraction of sp³-hybridized carbons (Fsp3) is 0.273. The molecule has 1 aromatic carbocycles. The lowest BCUT2D eigenvalue weighted by Gasteiger charge is -2.14. The number of carbonyl (C=O) groups is 2. The summed E-state index contributed by atoms with van der Waals surface area (Å²) < 4.78 is 0. The maximum absolute atomic E-state index is 11.4. The smallest absolute Gasteiger partial charge is 0.335 e. The molecule has 6 heteroatoms. The Labute approximate surface area is 97.5 Å². The summed E-state index contributed by atoms with van der Waals surface area (Å²) in [5.41, 5.74) is 1.32. The standard InChI is InChI=1S/C11H13NO5/c1-6-3-2-4-7(5-6)12-10(15)8(13)9(14)11(16)17/h2-5,8-9,13-14H,1H3,(H,12,15)(H,16,17). The van der Waals surface area contributed by atoms with Crippen molar-refractivity contribution in [2.24, 2.45) is 0 Å². The Bertz CT molecular complexity index is 432. The van der Waals surface area contributed by atoms with Crippen LogP contribution in [0.3, 0.4) is 0 Å². The van der Waals surface area contributed by atoms with Crippen LogP contribution in [0.15, 0.2) is 24.3 Å². The number of rotatable bonds is 4. The summed E-state index contributed by atoms with van der Waals surface area (Å²) in [6.07, 6.45) is -4.15. The zero-order valence-electron chi connectivity index (χ0n) is 9.12. The third-order valence-corrected chi connectivity index (χ3v) is 2.11. The van der Waals surface area contributed by atoms with Crippen molar-refractivity contribution in [3.8, 4) is 0 Å². The van der Waals surface area contributed by atoms with Crippen LogP contribution in [0.4, 0.5) is 5.69 Å². The molecule has 4 N–H and O–H groups in total. The first-order chi connectivity index (χ1) is 7.91. The van der Waals surface area contributed by atoms with E-state index in [1.54, 1.807) is 18.2 Å². The van der Waals surface area contributed by atoms with E-state index in [0.29, 0.717) is 5.69 Å². The normalized spacial score (nSPS) is 13.8. The zero-order valence-corrected chi connectivity index (χ0v) is 9.12. The summed E-state index contributed by atoms with van der Waals surface area (Å²) in [4.78, 5) is 21.7. The molecule has 0 aliphatic heterocycles. The lowest BCUT2D eigenvalue weighted by molar-refractivity contribution is -0.156. The lowest BCUT2D eigenvalue weighted by Crippen LogP contribution is -2.42. The Morgan fingerprint density at radius 2 is 1.88 bits per heavy atom. The number of aryl methyl sites for hydroxylation is 1. The number of benzene rings is 1. The summed E-state index contributed by atoms with van der Waals surface area (Å²) >= 11 is 0. The van der Waals surface area contributed by atoms with E-state index in [9.17, 15) is 14.7 Å². The molecule has 0 saturated heterocycles. The second-order valence-corrected chi connectivity index (χ2v) is 3.59. The average molecular weight is 239 g/mol. The van der Waals surface area contributed by atoms with Crippen molar-refractivity contribution in [3.63, 3.8) is 0 Å². The van der Waals surface area contributed by atoms with Gasteiger partial charge in [-0.1, -0.05) is 12.1 Å². The molecule has 2 atom stereocenters. The van der Waals surface area contributed by atoms with Gasteiger partial charge >= 0.3 is 5.97 Å². The van der Waals surface area contributed by atoms with Crippen LogP contribution in [0, 0.1) is 6.92 Å². The van der Waals surface area contributed by atoms with E-state index in [4.69, 9.17) is 10.2 Å². The molecule has 6 nitrogen and oxygen atoms in total. The van der Waals surface area contributed by atoms with Crippen molar-refractivity contribution in [3.05, 3.63) is 29.8 Å². The van der Waals surface area contributed by atoms with Crippen LogP contribution >= 0.6 is 0 Å². The topological polar surface area (TPSA) is 107 Å². The molecule has 0 aromatic heterocycles. The van der Waals surface area contributed by atoms with Gasteiger partial charge in [0.25, 0.3) is 5.91 Å². The number of aliphatic hydroxyl groups excluding tert-OH is 2. The third-order valence-electron chi connectivity index (χ3n) is 2.11. The average Bonchev–Trinajstić information content (AvgIpc) is 2.26. The van der Waals surface area contributed by atoms with Gasteiger partial charge in [0, 0.05) is 5.69 Å². The Morgan fingerprint density at radius 1 is 1.24 bits per heavy atom. The SMILES string of the molecule is Cc1cccc(NC(=O)C(O)C(O)C(=O)O)c1. The van der Waals surface area contributed by atoms with Gasteiger partial charge in [-0.25, -0.2) is 4.79 Å². The van der Waals surface area contributed by atoms with Crippen molar-refractivity contribution >= 4 is 17.6 Å². The van der Waals surface area contributed by atoms with Gasteiger partial charge in [-0.05, 0) is 24.6 Å². The molecule has 0 aliphatic rings. The number of anilines is 1. The second-order valence-electron chi connectivity index (χ2n) is 3.59. The van der Waals surface area contributed by atoms with Crippen molar-refractivity contribution < 1.29 is 24.9 Å². The van der Waals surface area contributed by atoms with Gasteiger partial charge in [-0.2, -0.15) is 0 Å². The first-order valence-electron chi connectivity index (χ1n) is 4.88. The number of carboxylic acid groups (broad SMARTS) is 1. The van der Waals surface area contributed by atoms with Crippen LogP contribution < -0.4 is 5.32 Å². The fourth-order valence-corrected chi connectivity index (χ4v) is 1.22. The predicted molar refractivity (Wildman–Crippen MR) is 59.5 cm³/mol. The number of carboxylic acids is 1. The number of hydrogen-bond acceptors (Lipinski definition) is 4. The number of hydrogen-bond donors (Lipinski definition) is 4. The Kier molecular flexibility index (Phi) is 4.19. The number of amides is 1. The molecular weight excluding hydrogens is 226 g/mol. The van der Waals surface area contributed by atoms with E-state index in [2.05, 4.69) is 5.32 Å². The van der Waals surface area contributed by atoms with Crippen molar-refractivity contribution in [2.75, 3.05) is 5.32 Å². The molecule has 92 valence electrons. The zero-order chi connectivity index (χ0) is 13.0. The van der Waals surface area contributed by atoms with Crippen LogP contribution in [0.2, 0.25) is 0 Å². The summed E-state index contributed by atoms with van der Waals surface area (Å²) in [5.74, 6) is -2.62. The largest absolute Gasteiger partial charge is 0.479 e. The fourth-order valence-electron chi connectivity index (χ4n) is 1.22. The van der Waals surface area contributed by atoms with E-state index in [1.807, 2.05) is 13.0 Å². The van der Waals surface area contributed by atoms with E-state index in [0.717, 1.165) is 5.56 Å². The molecule has 17 heavy (non-hydrogen) atoms. The number of nitrogens with one attached hydrogen (secondary N) is 1. The van der Waals surface area contributed by atoms with E-state index in [-0.39, 0.29) is 0 Å². The van der Waals surface area contributed by atoms with E-state index in [1.165, 1.54) is 0 Å². The summed E-state index contributed by atoms with van der Waals surface area (Å²) in [6.45, 7) is 1.82. The van der Waals surface area contributed by atoms with Crippen LogP contribution in [0.5, 0.6) is 0 Å². The van der Waals surface area contributed by atoms with Gasteiger partial charge in [-0.3, -0.25) is 4.79 Å². The predicted octanol–water partition coefficient (Wildman–Crippen LogP) is -0.260. The second kappa shape index (κ2) is 5.42. The van der Waals surface area contributed by atoms with Crippen LogP contribution in [0.1, 0.15) is 5.56 Å². The minimum absolute atomic E-state index is 0.423. The summed E-state index contributed by atoms with van der Waals surface area (Å²) in [7, 11) is 0. The van der Waals surface area contributed by atoms with Crippen molar-refractivity contribution in [1.29, 1.82) is 0 Å². The maximum atomic E-state index is 11.4. The van der Waals surface area contributed by atoms with Gasteiger partial charge in [0.15, 0.2) is 12.2 Å². The molecule has 0 spiro atoms. The molecule has 0 saturated carbocycles. The molecule has 0 fully saturated rings. The highest BCUT2D eigenvalue weighted by atomic mass is 16.4. The minimum Gasteiger partial charge on any atom is -0.479 e. The Hall–Kier alpha value is -1.92. The van der Waals surface area contributed by atoms with E-state index < -0.39 is 24.1 Å². The monoisotopic (exact) mass is 239 g/mol. The molecule has 0 aliphatic carbocycles. The first-order valence-corrected chi connectivity index (χ1v) is 4.88. The molecule has 1 rings (SSSR count). The van der Waals surface area contributed by atoms with Crippen LogP contribution in [-0.2, 0) is 9.59 Å². The number of aliphatic carboxylic acids is 1. The minimum atomic E-state index is -2.14. The van der Waals surface area contributed by atoms with Crippen molar-refractivity contribution in [1.82, 2.24) is 0 Å². The van der Waals surface area contributed by atoms with Crippen LogP contribution in [-0.4, -0.2) is 39.4 Å². The first kappa shape index (κ1) is 13.1. The van der Waals surface area contributed by atoms with E-state index >= 15 is 0 Å². The molecule has 1 aromatic rings. The lowest BCUT2D eigenvalue weighted by atomic mass is 10.1. The molecule has 0 radical (unpaired) electrons. The quantitative estimate of drug-likeness (QED) is 0.579. The highest BCUT2D eigenvalue weighted by Crippen LogP contribution is 2.10. The van der Waals surface area contributed by atoms with Gasteiger partial charge < -0.3 is 20.6 Å². The van der Waals surface area contributed by atoms with Gasteiger partial charge in [-0.15, -0.1) is 0 Å². The molecule has 2 unspecified atom stereocenters.